The van der Waals surface area contributed by atoms with E-state index in [0.29, 0.717) is 5.92 Å². The van der Waals surface area contributed by atoms with Crippen LogP contribution in [0.25, 0.3) is 0 Å². The number of aryl methyl sites for hydroxylation is 1. The van der Waals surface area contributed by atoms with E-state index in [1.807, 2.05) is 25.3 Å². The highest BCUT2D eigenvalue weighted by Crippen LogP contribution is 2.22. The average Bonchev–Trinajstić information content (AvgIpc) is 2.54. The van der Waals surface area contributed by atoms with Crippen molar-refractivity contribution in [3.63, 3.8) is 0 Å². The summed E-state index contributed by atoms with van der Waals surface area (Å²) in [6, 6.07) is 3.90. The number of hydrogen-bond acceptors (Lipinski definition) is 5. The summed E-state index contributed by atoms with van der Waals surface area (Å²) in [5.41, 5.74) is 0.991. The topological polar surface area (TPSA) is 51.1 Å². The summed E-state index contributed by atoms with van der Waals surface area (Å²) in [4.78, 5) is 15.0. The van der Waals surface area contributed by atoms with Gasteiger partial charge in [-0.3, -0.25) is 9.97 Å². The van der Waals surface area contributed by atoms with Crippen LogP contribution in [0, 0.1) is 12.8 Å². The van der Waals surface area contributed by atoms with E-state index in [4.69, 9.17) is 4.74 Å². The Kier molecular flexibility index (Phi) is 4.28. The molecule has 110 valence electrons. The van der Waals surface area contributed by atoms with Crippen LogP contribution in [0.3, 0.4) is 0 Å². The quantitative estimate of drug-likeness (QED) is 0.863. The Morgan fingerprint density at radius 1 is 1.19 bits per heavy atom. The fraction of sp³-hybridized carbons (Fsp3) is 0.438. The molecule has 21 heavy (non-hydrogen) atoms. The number of piperidine rings is 1. The second kappa shape index (κ2) is 6.52. The van der Waals surface area contributed by atoms with E-state index in [2.05, 4.69) is 19.9 Å². The van der Waals surface area contributed by atoms with Crippen molar-refractivity contribution in [1.29, 1.82) is 0 Å². The van der Waals surface area contributed by atoms with Gasteiger partial charge >= 0.3 is 0 Å². The van der Waals surface area contributed by atoms with Gasteiger partial charge in [0, 0.05) is 43.4 Å². The molecule has 0 spiro atoms. The zero-order valence-corrected chi connectivity index (χ0v) is 12.3. The predicted octanol–water partition coefficient (Wildman–Crippen LogP) is 2.48. The first kappa shape index (κ1) is 13.8. The Morgan fingerprint density at radius 2 is 2.05 bits per heavy atom. The minimum absolute atomic E-state index is 0.603. The van der Waals surface area contributed by atoms with Gasteiger partial charge in [-0.15, -0.1) is 0 Å². The van der Waals surface area contributed by atoms with E-state index in [0.717, 1.165) is 49.8 Å². The maximum Gasteiger partial charge on any atom is 0.147 e. The second-order valence-corrected chi connectivity index (χ2v) is 5.44. The van der Waals surface area contributed by atoms with Crippen molar-refractivity contribution in [3.05, 3.63) is 42.6 Å². The summed E-state index contributed by atoms with van der Waals surface area (Å²) in [5, 5.41) is 0. The minimum atomic E-state index is 0.603. The zero-order valence-electron chi connectivity index (χ0n) is 12.3. The van der Waals surface area contributed by atoms with Crippen LogP contribution in [0.1, 0.15) is 18.5 Å². The first-order chi connectivity index (χ1) is 10.3. The van der Waals surface area contributed by atoms with Crippen molar-refractivity contribution >= 4 is 5.82 Å². The van der Waals surface area contributed by atoms with E-state index in [1.165, 1.54) is 0 Å². The van der Waals surface area contributed by atoms with Gasteiger partial charge in [0.1, 0.15) is 11.6 Å². The molecule has 0 aliphatic carbocycles. The highest BCUT2D eigenvalue weighted by molar-refractivity contribution is 5.35. The van der Waals surface area contributed by atoms with E-state index < -0.39 is 0 Å². The maximum atomic E-state index is 5.88. The SMILES string of the molecule is Cc1cc(OCC2CCN(c3cnccn3)CC2)ccn1. The largest absolute Gasteiger partial charge is 0.493 e. The smallest absolute Gasteiger partial charge is 0.147 e. The van der Waals surface area contributed by atoms with Crippen LogP contribution in [-0.2, 0) is 0 Å². The van der Waals surface area contributed by atoms with Crippen LogP contribution in [-0.4, -0.2) is 34.6 Å². The molecule has 0 saturated carbocycles. The number of aromatic nitrogens is 3. The number of pyridine rings is 1. The molecule has 5 heteroatoms. The van der Waals surface area contributed by atoms with Gasteiger partial charge in [0.15, 0.2) is 0 Å². The van der Waals surface area contributed by atoms with Crippen molar-refractivity contribution < 1.29 is 4.74 Å². The molecule has 1 aliphatic heterocycles. The summed E-state index contributed by atoms with van der Waals surface area (Å²) in [6.45, 7) is 4.79. The molecular formula is C16H20N4O. The zero-order chi connectivity index (χ0) is 14.5. The fourth-order valence-corrected chi connectivity index (χ4v) is 2.61. The van der Waals surface area contributed by atoms with Crippen LogP contribution < -0.4 is 9.64 Å². The Hall–Kier alpha value is -2.17. The number of rotatable bonds is 4. The van der Waals surface area contributed by atoms with Gasteiger partial charge in [-0.25, -0.2) is 4.98 Å². The molecule has 0 amide bonds. The Bertz CT molecular complexity index is 567. The lowest BCUT2D eigenvalue weighted by atomic mass is 9.98. The van der Waals surface area contributed by atoms with Crippen molar-refractivity contribution in [2.24, 2.45) is 5.92 Å². The summed E-state index contributed by atoms with van der Waals surface area (Å²) in [6.07, 6.45) is 9.33. The Labute approximate surface area is 125 Å². The standard InChI is InChI=1S/C16H20N4O/c1-13-10-15(2-5-18-13)21-12-14-3-8-20(9-4-14)16-11-17-6-7-19-16/h2,5-7,10-11,14H,3-4,8-9,12H2,1H3. The monoisotopic (exact) mass is 284 g/mol. The molecule has 2 aromatic heterocycles. The predicted molar refractivity (Wildman–Crippen MR) is 81.4 cm³/mol. The summed E-state index contributed by atoms with van der Waals surface area (Å²) < 4.78 is 5.88. The van der Waals surface area contributed by atoms with Crippen molar-refractivity contribution in [2.45, 2.75) is 19.8 Å². The first-order valence-corrected chi connectivity index (χ1v) is 7.37. The van der Waals surface area contributed by atoms with Crippen molar-refractivity contribution in [2.75, 3.05) is 24.6 Å². The van der Waals surface area contributed by atoms with Gasteiger partial charge in [0.2, 0.25) is 0 Å². The summed E-state index contributed by atoms with van der Waals surface area (Å²) in [7, 11) is 0. The first-order valence-electron chi connectivity index (χ1n) is 7.37. The number of nitrogens with zero attached hydrogens (tertiary/aromatic N) is 4. The lowest BCUT2D eigenvalue weighted by Crippen LogP contribution is -2.36. The molecule has 1 saturated heterocycles. The molecule has 1 aliphatic rings. The summed E-state index contributed by atoms with van der Waals surface area (Å²) in [5.74, 6) is 2.49. The van der Waals surface area contributed by atoms with Crippen LogP contribution in [0.4, 0.5) is 5.82 Å². The minimum Gasteiger partial charge on any atom is -0.493 e. The number of anilines is 1. The average molecular weight is 284 g/mol. The molecule has 0 bridgehead atoms. The molecule has 3 heterocycles. The molecule has 2 aromatic rings. The van der Waals surface area contributed by atoms with E-state index >= 15 is 0 Å². The normalized spacial score (nSPS) is 16.0. The van der Waals surface area contributed by atoms with E-state index in [9.17, 15) is 0 Å². The van der Waals surface area contributed by atoms with Gasteiger partial charge < -0.3 is 9.64 Å². The number of hydrogen-bond donors (Lipinski definition) is 0. The van der Waals surface area contributed by atoms with Gasteiger partial charge in [-0.1, -0.05) is 0 Å². The Balaban J connectivity index is 1.48. The van der Waals surface area contributed by atoms with Crippen LogP contribution in [0.5, 0.6) is 5.75 Å². The third kappa shape index (κ3) is 3.68. The molecule has 0 N–H and O–H groups in total. The van der Waals surface area contributed by atoms with Crippen molar-refractivity contribution in [1.82, 2.24) is 15.0 Å². The maximum absolute atomic E-state index is 5.88. The van der Waals surface area contributed by atoms with Gasteiger partial charge in [-0.2, -0.15) is 0 Å². The highest BCUT2D eigenvalue weighted by Gasteiger charge is 2.20. The molecule has 0 unspecified atom stereocenters. The van der Waals surface area contributed by atoms with Gasteiger partial charge in [0.25, 0.3) is 0 Å². The Morgan fingerprint density at radius 3 is 2.76 bits per heavy atom. The summed E-state index contributed by atoms with van der Waals surface area (Å²) >= 11 is 0. The molecular weight excluding hydrogens is 264 g/mol. The van der Waals surface area contributed by atoms with Crippen molar-refractivity contribution in [3.8, 4) is 5.75 Å². The van der Waals surface area contributed by atoms with Gasteiger partial charge in [-0.05, 0) is 31.7 Å². The lowest BCUT2D eigenvalue weighted by molar-refractivity contribution is 0.222. The van der Waals surface area contributed by atoms with E-state index in [-0.39, 0.29) is 0 Å². The van der Waals surface area contributed by atoms with E-state index in [1.54, 1.807) is 18.6 Å². The molecule has 0 radical (unpaired) electrons. The lowest BCUT2D eigenvalue weighted by Gasteiger charge is -2.32. The second-order valence-electron chi connectivity index (χ2n) is 5.44. The number of ether oxygens (including phenoxy) is 1. The molecule has 0 atom stereocenters. The van der Waals surface area contributed by atoms with Gasteiger partial charge in [0.05, 0.1) is 12.8 Å². The molecule has 1 fully saturated rings. The molecule has 3 rings (SSSR count). The van der Waals surface area contributed by atoms with Crippen LogP contribution in [0.15, 0.2) is 36.9 Å². The fourth-order valence-electron chi connectivity index (χ4n) is 2.61. The highest BCUT2D eigenvalue weighted by atomic mass is 16.5. The van der Waals surface area contributed by atoms with Crippen LogP contribution >= 0.6 is 0 Å². The van der Waals surface area contributed by atoms with Crippen LogP contribution in [0.2, 0.25) is 0 Å². The third-order valence-corrected chi connectivity index (χ3v) is 3.84. The third-order valence-electron chi connectivity index (χ3n) is 3.84. The molecule has 5 nitrogen and oxygen atoms in total. The molecule has 0 aromatic carbocycles.